The van der Waals surface area contributed by atoms with Gasteiger partial charge in [0, 0.05) is 0 Å². The summed E-state index contributed by atoms with van der Waals surface area (Å²) in [6.07, 6.45) is 28.9. The molecule has 0 saturated heterocycles. The third-order valence-electron chi connectivity index (χ3n) is 11.9. The number of hydrogen-bond donors (Lipinski definition) is 0. The van der Waals surface area contributed by atoms with Crippen LogP contribution in [0, 0.1) is 5.92 Å². The predicted octanol–water partition coefficient (Wildman–Crippen LogP) is 15.5. The van der Waals surface area contributed by atoms with Crippen LogP contribution in [0.15, 0.2) is 48.5 Å². The SMILES string of the molecule is CCCCCCCCCCCCC(CCCCCCCCCC)Cc1cc2c3c(c1)Oc1c[c]([Sn]([CH3])([CH3])[CH3])ccc1N3c1cc[c]([Sn]([CH3])([CH3])[CH3])cc1O2. The van der Waals surface area contributed by atoms with Crippen molar-refractivity contribution in [3.8, 4) is 23.0 Å². The van der Waals surface area contributed by atoms with E-state index < -0.39 is 36.8 Å². The van der Waals surface area contributed by atoms with E-state index in [1.807, 2.05) is 0 Å². The summed E-state index contributed by atoms with van der Waals surface area (Å²) in [6, 6.07) is 18.8. The molecular weight excluding hydrogens is 860 g/mol. The van der Waals surface area contributed by atoms with Crippen molar-refractivity contribution in [2.75, 3.05) is 4.90 Å². The Labute approximate surface area is 334 Å². The number of hydrogen-bond acceptors (Lipinski definition) is 3. The average Bonchev–Trinajstić information content (AvgIpc) is 3.11. The van der Waals surface area contributed by atoms with Crippen molar-refractivity contribution < 1.29 is 9.47 Å². The van der Waals surface area contributed by atoms with Gasteiger partial charge in [0.15, 0.2) is 0 Å². The third kappa shape index (κ3) is 12.3. The zero-order chi connectivity index (χ0) is 37.8. The van der Waals surface area contributed by atoms with Crippen molar-refractivity contribution in [3.05, 3.63) is 54.1 Å². The maximum atomic E-state index is 6.92. The summed E-state index contributed by atoms with van der Waals surface area (Å²) in [7, 11) is 0. The van der Waals surface area contributed by atoms with Gasteiger partial charge in [-0.2, -0.15) is 0 Å². The number of nitrogens with zero attached hydrogens (tertiary/aromatic N) is 1. The van der Waals surface area contributed by atoms with Gasteiger partial charge in [-0.25, -0.2) is 0 Å². The van der Waals surface area contributed by atoms with Gasteiger partial charge in [0.25, 0.3) is 0 Å². The van der Waals surface area contributed by atoms with Gasteiger partial charge in [0.2, 0.25) is 0 Å². The van der Waals surface area contributed by atoms with Gasteiger partial charge >= 0.3 is 233 Å². The Morgan fingerprint density at radius 2 is 0.849 bits per heavy atom. The number of ether oxygens (including phenoxy) is 2. The van der Waals surface area contributed by atoms with Crippen molar-refractivity contribution >= 4 is 61.0 Å². The van der Waals surface area contributed by atoms with E-state index in [2.05, 4.69) is 96.9 Å². The Hall–Kier alpha value is -1.34. The molecule has 0 spiro atoms. The molecule has 0 N–H and O–H groups in total. The Morgan fingerprint density at radius 1 is 0.472 bits per heavy atom. The normalized spacial score (nSPS) is 13.9. The number of fused-ring (bicyclic) bond motifs is 4. The van der Waals surface area contributed by atoms with Crippen LogP contribution in [-0.4, -0.2) is 36.8 Å². The molecule has 0 bridgehead atoms. The summed E-state index contributed by atoms with van der Waals surface area (Å²) < 4.78 is 16.8. The van der Waals surface area contributed by atoms with Crippen LogP contribution >= 0.6 is 0 Å². The van der Waals surface area contributed by atoms with Crippen molar-refractivity contribution in [3.63, 3.8) is 0 Å². The van der Waals surface area contributed by atoms with Crippen LogP contribution in [0.3, 0.4) is 0 Å². The summed E-state index contributed by atoms with van der Waals surface area (Å²) in [6.45, 7) is 4.62. The van der Waals surface area contributed by atoms with E-state index in [4.69, 9.17) is 9.47 Å². The van der Waals surface area contributed by atoms with Gasteiger partial charge < -0.3 is 0 Å². The van der Waals surface area contributed by atoms with Gasteiger partial charge in [0.1, 0.15) is 0 Å². The first kappa shape index (κ1) is 42.8. The quantitative estimate of drug-likeness (QED) is 0.0455. The molecule has 0 aromatic heterocycles. The van der Waals surface area contributed by atoms with E-state index >= 15 is 0 Å². The van der Waals surface area contributed by atoms with Crippen LogP contribution in [0.1, 0.15) is 148 Å². The fraction of sp³-hybridized carbons (Fsp3) is 0.625. The molecule has 5 heteroatoms. The minimum absolute atomic E-state index is 0.709. The molecule has 0 aliphatic carbocycles. The maximum absolute atomic E-state index is 6.92. The molecule has 1 unspecified atom stereocenters. The Morgan fingerprint density at radius 3 is 1.23 bits per heavy atom. The molecule has 2 aliphatic rings. The van der Waals surface area contributed by atoms with E-state index in [-0.39, 0.29) is 0 Å². The minimum atomic E-state index is -2.32. The van der Waals surface area contributed by atoms with Gasteiger partial charge in [-0.15, -0.1) is 0 Å². The van der Waals surface area contributed by atoms with Gasteiger partial charge in [-0.05, 0) is 0 Å². The van der Waals surface area contributed by atoms with Crippen molar-refractivity contribution in [2.45, 2.75) is 178 Å². The van der Waals surface area contributed by atoms with E-state index in [9.17, 15) is 0 Å². The molecule has 53 heavy (non-hydrogen) atoms. The molecule has 5 rings (SSSR count). The Balaban J connectivity index is 1.34. The second-order valence-corrected chi connectivity index (χ2v) is 47.6. The summed E-state index contributed by atoms with van der Waals surface area (Å²) in [4.78, 5) is 17.4. The van der Waals surface area contributed by atoms with Gasteiger partial charge in [-0.3, -0.25) is 0 Å². The van der Waals surface area contributed by atoms with E-state index in [1.54, 1.807) is 0 Å². The topological polar surface area (TPSA) is 21.7 Å². The molecule has 0 amide bonds. The fourth-order valence-corrected chi connectivity index (χ4v) is 15.0. The van der Waals surface area contributed by atoms with Crippen molar-refractivity contribution in [1.82, 2.24) is 0 Å². The van der Waals surface area contributed by atoms with Crippen LogP contribution in [0.4, 0.5) is 17.1 Å². The standard InChI is InChI=1S/C42H57NO2.6CH3.2Sn/c1-3-5-7-9-11-13-14-16-18-20-26-34(25-19-17-15-12-10-8-6-4-2)31-35-32-40-42-41(33-35)45-39-30-24-22-28-37(39)43(42)36-27-21-23-29-38(36)44-40;;;;;;;;/h21-22,27-30,32-34H,3-20,25-26,31H2,1-2H3;6*1H3;;. The van der Waals surface area contributed by atoms with Gasteiger partial charge in [0.05, 0.1) is 0 Å². The number of anilines is 3. The first-order valence-corrected chi connectivity index (χ1v) is 42.1. The summed E-state index contributed by atoms with van der Waals surface area (Å²) >= 11 is -4.64. The molecule has 2 aliphatic heterocycles. The molecule has 3 aromatic rings. The van der Waals surface area contributed by atoms with E-state index in [0.717, 1.165) is 46.5 Å². The summed E-state index contributed by atoms with van der Waals surface area (Å²) in [5.74, 6) is 4.62. The molecule has 0 saturated carbocycles. The molecule has 0 radical (unpaired) electrons. The Bertz CT molecular complexity index is 1500. The fourth-order valence-electron chi connectivity index (χ4n) is 8.40. The summed E-state index contributed by atoms with van der Waals surface area (Å²) in [5.41, 5.74) is 4.72. The van der Waals surface area contributed by atoms with Gasteiger partial charge in [-0.1, -0.05) is 104 Å². The van der Waals surface area contributed by atoms with Crippen LogP contribution in [0.2, 0.25) is 29.6 Å². The van der Waals surface area contributed by atoms with Crippen LogP contribution in [0.5, 0.6) is 23.0 Å². The molecule has 1 atom stereocenters. The van der Waals surface area contributed by atoms with Crippen LogP contribution in [-0.2, 0) is 6.42 Å². The molecule has 2 heterocycles. The first-order chi connectivity index (χ1) is 25.5. The number of unbranched alkanes of at least 4 members (excludes halogenated alkanes) is 16. The zero-order valence-electron chi connectivity index (χ0n) is 35.3. The van der Waals surface area contributed by atoms with Crippen LogP contribution in [0.25, 0.3) is 0 Å². The van der Waals surface area contributed by atoms with Crippen molar-refractivity contribution in [2.24, 2.45) is 5.92 Å². The molecule has 3 nitrogen and oxygen atoms in total. The summed E-state index contributed by atoms with van der Waals surface area (Å²) in [5, 5.41) is 0. The second kappa shape index (κ2) is 20.7. The second-order valence-electron chi connectivity index (χ2n) is 18.6. The molecule has 3 aromatic carbocycles. The molecule has 292 valence electrons. The monoisotopic (exact) mass is 937 g/mol. The zero-order valence-corrected chi connectivity index (χ0v) is 41.0. The third-order valence-corrected chi connectivity index (χ3v) is 23.5. The van der Waals surface area contributed by atoms with Crippen LogP contribution < -0.4 is 21.5 Å². The van der Waals surface area contributed by atoms with E-state index in [0.29, 0.717) is 5.92 Å². The first-order valence-electron chi connectivity index (χ1n) is 22.1. The molecule has 0 fully saturated rings. The van der Waals surface area contributed by atoms with E-state index in [1.165, 1.54) is 141 Å². The van der Waals surface area contributed by atoms with Crippen molar-refractivity contribution in [1.29, 1.82) is 0 Å². The Kier molecular flexibility index (Phi) is 16.7. The molecular formula is C48H75NO2Sn2. The number of rotatable bonds is 24. The number of benzene rings is 3. The average molecular weight is 936 g/mol. The predicted molar refractivity (Wildman–Crippen MR) is 238 cm³/mol.